The van der Waals surface area contributed by atoms with Gasteiger partial charge in [0.05, 0.1) is 12.6 Å². The third kappa shape index (κ3) is 10.4. The van der Waals surface area contributed by atoms with Crippen LogP contribution in [-0.4, -0.2) is 99.1 Å². The molecule has 2 aromatic rings. The summed E-state index contributed by atoms with van der Waals surface area (Å²) in [6, 6.07) is 11.3. The SMILES string of the molecule is N[C@@H](Cc1ccccc1)C(=O)N[C@@H](CCC(=O)O)C(=O)N1CCC[C@H]1C(=O)N[C@@H](CO)C(=O)N[C@@H](Cc1ccccc1)C(=O)O. The second kappa shape index (κ2) is 16.9. The maximum atomic E-state index is 13.6. The van der Waals surface area contributed by atoms with E-state index in [9.17, 15) is 44.1 Å². The summed E-state index contributed by atoms with van der Waals surface area (Å²) in [6.07, 6.45) is 0.0803. The van der Waals surface area contributed by atoms with Gasteiger partial charge in [0.15, 0.2) is 0 Å². The van der Waals surface area contributed by atoms with Gasteiger partial charge in [-0.25, -0.2) is 4.79 Å². The van der Waals surface area contributed by atoms with Crippen molar-refractivity contribution >= 4 is 35.6 Å². The molecule has 5 atom stereocenters. The Morgan fingerprint density at radius 2 is 1.38 bits per heavy atom. The number of carbonyl (C=O) groups excluding carboxylic acids is 4. The molecule has 1 aliphatic rings. The van der Waals surface area contributed by atoms with Crippen molar-refractivity contribution in [1.82, 2.24) is 20.9 Å². The van der Waals surface area contributed by atoms with Gasteiger partial charge < -0.3 is 41.9 Å². The molecule has 3 rings (SSSR count). The fourth-order valence-corrected chi connectivity index (χ4v) is 5.05. The summed E-state index contributed by atoms with van der Waals surface area (Å²) in [7, 11) is 0. The minimum Gasteiger partial charge on any atom is -0.481 e. The highest BCUT2D eigenvalue weighted by atomic mass is 16.4. The Bertz CT molecular complexity index is 1340. The van der Waals surface area contributed by atoms with Crippen LogP contribution in [0.2, 0.25) is 0 Å². The molecule has 0 radical (unpaired) electrons. The third-order valence-electron chi connectivity index (χ3n) is 7.45. The van der Waals surface area contributed by atoms with E-state index in [0.717, 1.165) is 5.56 Å². The molecule has 242 valence electrons. The Morgan fingerprint density at radius 1 is 0.800 bits per heavy atom. The summed E-state index contributed by atoms with van der Waals surface area (Å²) in [5.41, 5.74) is 7.51. The average molecular weight is 626 g/mol. The van der Waals surface area contributed by atoms with Crippen molar-refractivity contribution < 1.29 is 44.1 Å². The summed E-state index contributed by atoms with van der Waals surface area (Å²) in [5.74, 6) is -5.54. The van der Waals surface area contributed by atoms with Gasteiger partial charge in [0.25, 0.3) is 0 Å². The number of hydrogen-bond donors (Lipinski definition) is 7. The summed E-state index contributed by atoms with van der Waals surface area (Å²) in [4.78, 5) is 76.9. The van der Waals surface area contributed by atoms with Gasteiger partial charge in [-0.1, -0.05) is 60.7 Å². The van der Waals surface area contributed by atoms with Crippen LogP contribution in [0.3, 0.4) is 0 Å². The molecule has 14 heteroatoms. The van der Waals surface area contributed by atoms with Crippen molar-refractivity contribution in [2.24, 2.45) is 5.73 Å². The highest BCUT2D eigenvalue weighted by Gasteiger charge is 2.39. The molecule has 4 amide bonds. The van der Waals surface area contributed by atoms with Gasteiger partial charge in [-0.15, -0.1) is 0 Å². The van der Waals surface area contributed by atoms with Crippen LogP contribution >= 0.6 is 0 Å². The first-order valence-electron chi connectivity index (χ1n) is 14.6. The molecule has 1 fully saturated rings. The maximum absolute atomic E-state index is 13.6. The van der Waals surface area contributed by atoms with Gasteiger partial charge in [-0.05, 0) is 36.8 Å². The quantitative estimate of drug-likeness (QED) is 0.123. The standard InChI is InChI=1S/C31H39N5O9/c32-21(16-19-8-3-1-4-9-19)27(40)33-22(13-14-26(38)39)30(43)36-15-7-12-25(36)29(42)35-24(18-37)28(41)34-23(31(44)45)17-20-10-5-2-6-11-20/h1-6,8-11,21-25,37H,7,12-18,32H2,(H,33,40)(H,34,41)(H,35,42)(H,38,39)(H,44,45)/t21-,22-,23-,24-,25-/m0/s1. The lowest BCUT2D eigenvalue weighted by Crippen LogP contribution is -2.59. The zero-order valence-electron chi connectivity index (χ0n) is 24.6. The number of amides is 4. The van der Waals surface area contributed by atoms with Gasteiger partial charge in [0.2, 0.25) is 23.6 Å². The van der Waals surface area contributed by atoms with Gasteiger partial charge >= 0.3 is 11.9 Å². The van der Waals surface area contributed by atoms with Crippen LogP contribution < -0.4 is 21.7 Å². The number of carboxylic acid groups (broad SMARTS) is 2. The van der Waals surface area contributed by atoms with Crippen molar-refractivity contribution in [2.75, 3.05) is 13.2 Å². The number of benzene rings is 2. The fourth-order valence-electron chi connectivity index (χ4n) is 5.05. The minimum atomic E-state index is -1.51. The Morgan fingerprint density at radius 3 is 1.93 bits per heavy atom. The summed E-state index contributed by atoms with van der Waals surface area (Å²) in [6.45, 7) is -0.715. The first-order valence-corrected chi connectivity index (χ1v) is 14.6. The van der Waals surface area contributed by atoms with E-state index in [1.807, 2.05) is 6.07 Å². The second-order valence-electron chi connectivity index (χ2n) is 10.8. The molecule has 0 bridgehead atoms. The Kier molecular flexibility index (Phi) is 13.0. The average Bonchev–Trinajstić information content (AvgIpc) is 3.52. The van der Waals surface area contributed by atoms with Gasteiger partial charge in [0.1, 0.15) is 24.2 Å². The van der Waals surface area contributed by atoms with E-state index in [-0.39, 0.29) is 32.2 Å². The number of likely N-dealkylation sites (tertiary alicyclic amines) is 1. The lowest BCUT2D eigenvalue weighted by atomic mass is 10.0. The molecule has 0 aliphatic carbocycles. The first kappa shape index (κ1) is 34.7. The number of carbonyl (C=O) groups is 6. The Labute approximate surface area is 260 Å². The molecule has 0 saturated carbocycles. The maximum Gasteiger partial charge on any atom is 0.326 e. The van der Waals surface area contributed by atoms with Crippen LogP contribution in [0.1, 0.15) is 36.8 Å². The number of hydrogen-bond acceptors (Lipinski definition) is 8. The topological polar surface area (TPSA) is 228 Å². The summed E-state index contributed by atoms with van der Waals surface area (Å²) >= 11 is 0. The van der Waals surface area contributed by atoms with Gasteiger partial charge in [0, 0.05) is 19.4 Å². The highest BCUT2D eigenvalue weighted by molar-refractivity contribution is 5.96. The molecule has 0 aromatic heterocycles. The summed E-state index contributed by atoms with van der Waals surface area (Å²) < 4.78 is 0. The molecule has 45 heavy (non-hydrogen) atoms. The fraction of sp³-hybridized carbons (Fsp3) is 0.419. The van der Waals surface area contributed by atoms with E-state index in [1.54, 1.807) is 54.6 Å². The molecule has 1 saturated heterocycles. The third-order valence-corrected chi connectivity index (χ3v) is 7.45. The zero-order chi connectivity index (χ0) is 32.9. The van der Waals surface area contributed by atoms with E-state index in [0.29, 0.717) is 12.0 Å². The van der Waals surface area contributed by atoms with Crippen molar-refractivity contribution in [1.29, 1.82) is 0 Å². The number of nitrogens with one attached hydrogen (secondary N) is 3. The zero-order valence-corrected chi connectivity index (χ0v) is 24.6. The molecular weight excluding hydrogens is 586 g/mol. The van der Waals surface area contributed by atoms with Crippen molar-refractivity contribution in [3.63, 3.8) is 0 Å². The normalized spacial score (nSPS) is 16.9. The number of aliphatic hydroxyl groups is 1. The number of nitrogens with two attached hydrogens (primary N) is 1. The van der Waals surface area contributed by atoms with E-state index >= 15 is 0 Å². The minimum absolute atomic E-state index is 0.0304. The van der Waals surface area contributed by atoms with Crippen molar-refractivity contribution in [2.45, 2.75) is 68.7 Å². The molecule has 0 unspecified atom stereocenters. The lowest BCUT2D eigenvalue weighted by Gasteiger charge is -2.30. The Hall–Kier alpha value is -4.82. The highest BCUT2D eigenvalue weighted by Crippen LogP contribution is 2.20. The number of aliphatic hydroxyl groups excluding tert-OH is 1. The summed E-state index contributed by atoms with van der Waals surface area (Å²) in [5, 5.41) is 35.9. The van der Waals surface area contributed by atoms with Gasteiger partial charge in [-0.2, -0.15) is 0 Å². The Balaban J connectivity index is 1.66. The molecular formula is C31H39N5O9. The molecule has 2 aromatic carbocycles. The number of rotatable bonds is 16. The van der Waals surface area contributed by atoms with Crippen LogP contribution in [0, 0.1) is 0 Å². The molecule has 8 N–H and O–H groups in total. The first-order chi connectivity index (χ1) is 21.5. The lowest BCUT2D eigenvalue weighted by molar-refractivity contribution is -0.144. The predicted octanol–water partition coefficient (Wildman–Crippen LogP) is -0.814. The largest absolute Gasteiger partial charge is 0.481 e. The van der Waals surface area contributed by atoms with E-state index in [1.165, 1.54) is 4.90 Å². The second-order valence-corrected chi connectivity index (χ2v) is 10.8. The van der Waals surface area contributed by atoms with E-state index in [4.69, 9.17) is 5.73 Å². The van der Waals surface area contributed by atoms with Crippen LogP contribution in [0.15, 0.2) is 60.7 Å². The van der Waals surface area contributed by atoms with Crippen LogP contribution in [0.4, 0.5) is 0 Å². The monoisotopic (exact) mass is 625 g/mol. The van der Waals surface area contributed by atoms with Crippen LogP contribution in [-0.2, 0) is 41.6 Å². The molecule has 0 spiro atoms. The molecule has 1 heterocycles. The van der Waals surface area contributed by atoms with Crippen LogP contribution in [0.5, 0.6) is 0 Å². The van der Waals surface area contributed by atoms with Crippen LogP contribution in [0.25, 0.3) is 0 Å². The van der Waals surface area contributed by atoms with Gasteiger partial charge in [-0.3, -0.25) is 24.0 Å². The molecule has 1 aliphatic heterocycles. The number of carboxylic acids is 2. The van der Waals surface area contributed by atoms with Crippen molar-refractivity contribution in [3.05, 3.63) is 71.8 Å². The predicted molar refractivity (Wildman–Crippen MR) is 160 cm³/mol. The van der Waals surface area contributed by atoms with Crippen molar-refractivity contribution in [3.8, 4) is 0 Å². The number of nitrogens with zero attached hydrogens (tertiary/aromatic N) is 1. The van der Waals surface area contributed by atoms with E-state index < -0.39 is 78.8 Å². The van der Waals surface area contributed by atoms with E-state index in [2.05, 4.69) is 16.0 Å². The molecule has 14 nitrogen and oxygen atoms in total. The smallest absolute Gasteiger partial charge is 0.326 e. The number of aliphatic carboxylic acids is 2.